The first-order chi connectivity index (χ1) is 43.4. The molecule has 0 atom stereocenters. The summed E-state index contributed by atoms with van der Waals surface area (Å²) in [6, 6.07) is 106. The highest BCUT2D eigenvalue weighted by molar-refractivity contribution is 5.98. The molecule has 12 aromatic rings. The van der Waals surface area contributed by atoms with E-state index in [1.54, 1.807) is 28.4 Å². The summed E-state index contributed by atoms with van der Waals surface area (Å²) in [6.45, 7) is 0. The maximum absolute atomic E-state index is 6.21. The van der Waals surface area contributed by atoms with E-state index in [9.17, 15) is 0 Å². The molecule has 0 aliphatic rings. The van der Waals surface area contributed by atoms with Gasteiger partial charge in [-0.05, 0) is 149 Å². The van der Waals surface area contributed by atoms with Crippen LogP contribution in [0.3, 0.4) is 0 Å². The van der Waals surface area contributed by atoms with E-state index in [0.29, 0.717) is 0 Å². The second kappa shape index (κ2) is 27.2. The van der Waals surface area contributed by atoms with Crippen LogP contribution in [0.5, 0.6) is 23.0 Å². The molecule has 0 radical (unpaired) electrons. The van der Waals surface area contributed by atoms with Crippen LogP contribution in [-0.4, -0.2) is 28.4 Å². The minimum atomic E-state index is 0.731. The Morgan fingerprint density at radius 2 is 0.352 bits per heavy atom. The Balaban J connectivity index is 0.855. The van der Waals surface area contributed by atoms with Gasteiger partial charge >= 0.3 is 0 Å². The molecule has 0 spiro atoms. The Morgan fingerprint density at radius 3 is 0.534 bits per heavy atom. The Bertz CT molecular complexity index is 4130. The van der Waals surface area contributed by atoms with Crippen LogP contribution >= 0.6 is 0 Å². The molecule has 0 heterocycles. The molecule has 4 heteroatoms. The fourth-order valence-electron chi connectivity index (χ4n) is 11.4. The van der Waals surface area contributed by atoms with Gasteiger partial charge < -0.3 is 18.9 Å². The SMILES string of the molecule is COc1cc(/C=C(\c2ccccc2)c2ccc(-c3ccc(/C(=C/c4cc(OC)c(/C=C(\c5ccccc5)c5ccc(-c6ccccc6)cc5)cc4OC)c4ccccc4)cc3)cc2)c(OC)cc1/C=C(/c1ccccc1)c1ccc(-c2ccccc2)cc1. The zero-order chi connectivity index (χ0) is 60.0. The topological polar surface area (TPSA) is 36.9 Å². The molecule has 0 fully saturated rings. The monoisotopic (exact) mass is 1140 g/mol. The summed E-state index contributed by atoms with van der Waals surface area (Å²) in [6.07, 6.45) is 8.81. The Labute approximate surface area is 517 Å². The molecule has 0 amide bonds. The summed E-state index contributed by atoms with van der Waals surface area (Å²) < 4.78 is 24.8. The first-order valence-electron chi connectivity index (χ1n) is 29.6. The summed E-state index contributed by atoms with van der Waals surface area (Å²) in [5, 5.41) is 0. The van der Waals surface area contributed by atoms with Gasteiger partial charge in [0, 0.05) is 22.3 Å². The van der Waals surface area contributed by atoms with Crippen molar-refractivity contribution < 1.29 is 18.9 Å². The predicted octanol–water partition coefficient (Wildman–Crippen LogP) is 21.1. The van der Waals surface area contributed by atoms with Gasteiger partial charge in [0.2, 0.25) is 0 Å². The second-order valence-electron chi connectivity index (χ2n) is 21.4. The molecule has 0 saturated carbocycles. The molecule has 426 valence electrons. The molecule has 12 aromatic carbocycles. The molecule has 0 N–H and O–H groups in total. The summed E-state index contributed by atoms with van der Waals surface area (Å²) in [5.41, 5.74) is 23.4. The van der Waals surface area contributed by atoms with Crippen molar-refractivity contribution in [1.82, 2.24) is 0 Å². The number of benzene rings is 12. The van der Waals surface area contributed by atoms with Crippen LogP contribution < -0.4 is 18.9 Å². The van der Waals surface area contributed by atoms with E-state index >= 15 is 0 Å². The van der Waals surface area contributed by atoms with Gasteiger partial charge in [0.25, 0.3) is 0 Å². The van der Waals surface area contributed by atoms with Gasteiger partial charge in [-0.3, -0.25) is 0 Å². The van der Waals surface area contributed by atoms with Crippen LogP contribution in [0.1, 0.15) is 66.8 Å². The molecule has 0 aliphatic carbocycles. The van der Waals surface area contributed by atoms with E-state index in [1.165, 1.54) is 22.3 Å². The van der Waals surface area contributed by atoms with Crippen LogP contribution in [-0.2, 0) is 0 Å². The van der Waals surface area contributed by atoms with Gasteiger partial charge in [0.05, 0.1) is 28.4 Å². The van der Waals surface area contributed by atoms with Crippen molar-refractivity contribution in [2.45, 2.75) is 0 Å². The fraction of sp³-hybridized carbons (Fsp3) is 0.0476. The highest BCUT2D eigenvalue weighted by atomic mass is 16.5. The number of methoxy groups -OCH3 is 4. The van der Waals surface area contributed by atoms with Crippen molar-refractivity contribution in [3.8, 4) is 56.4 Å². The van der Waals surface area contributed by atoms with Gasteiger partial charge in [-0.15, -0.1) is 0 Å². The van der Waals surface area contributed by atoms with Crippen molar-refractivity contribution in [1.29, 1.82) is 0 Å². The van der Waals surface area contributed by atoms with Crippen LogP contribution in [0.25, 0.3) is 80.0 Å². The lowest BCUT2D eigenvalue weighted by molar-refractivity contribution is 0.401. The molecule has 0 aromatic heterocycles. The van der Waals surface area contributed by atoms with Crippen LogP contribution in [0.4, 0.5) is 0 Å². The Hall–Kier alpha value is -11.2. The predicted molar refractivity (Wildman–Crippen MR) is 368 cm³/mol. The smallest absolute Gasteiger partial charge is 0.126 e. The van der Waals surface area contributed by atoms with E-state index in [2.05, 4.69) is 291 Å². The maximum Gasteiger partial charge on any atom is 0.126 e. The van der Waals surface area contributed by atoms with E-state index in [0.717, 1.165) is 123 Å². The Morgan fingerprint density at radius 1 is 0.193 bits per heavy atom. The molecule has 0 aliphatic heterocycles. The molecular formula is C84H66O4. The molecule has 0 saturated heterocycles. The number of hydrogen-bond acceptors (Lipinski definition) is 4. The quantitative estimate of drug-likeness (QED) is 0.0756. The van der Waals surface area contributed by atoms with Crippen molar-refractivity contribution >= 4 is 46.6 Å². The largest absolute Gasteiger partial charge is 0.496 e. The molecule has 12 rings (SSSR count). The summed E-state index contributed by atoms with van der Waals surface area (Å²) in [5.74, 6) is 2.93. The minimum absolute atomic E-state index is 0.731. The van der Waals surface area contributed by atoms with Gasteiger partial charge in [-0.2, -0.15) is 0 Å². The van der Waals surface area contributed by atoms with Crippen molar-refractivity contribution in [2.24, 2.45) is 0 Å². The summed E-state index contributed by atoms with van der Waals surface area (Å²) in [4.78, 5) is 0. The average molecular weight is 1140 g/mol. The van der Waals surface area contributed by atoms with Crippen LogP contribution in [0.15, 0.2) is 303 Å². The van der Waals surface area contributed by atoms with Crippen LogP contribution in [0, 0.1) is 0 Å². The van der Waals surface area contributed by atoms with Gasteiger partial charge in [-0.25, -0.2) is 0 Å². The lowest BCUT2D eigenvalue weighted by Crippen LogP contribution is -1.96. The molecule has 4 nitrogen and oxygen atoms in total. The first kappa shape index (κ1) is 57.2. The number of ether oxygens (including phenoxy) is 4. The number of hydrogen-bond donors (Lipinski definition) is 0. The normalized spacial score (nSPS) is 11.9. The number of rotatable bonds is 19. The van der Waals surface area contributed by atoms with Gasteiger partial charge in [0.15, 0.2) is 0 Å². The third-order valence-corrected chi connectivity index (χ3v) is 16.0. The van der Waals surface area contributed by atoms with E-state index in [-0.39, 0.29) is 0 Å². The lowest BCUT2D eigenvalue weighted by Gasteiger charge is -2.16. The lowest BCUT2D eigenvalue weighted by atomic mass is 9.91. The van der Waals surface area contributed by atoms with Gasteiger partial charge in [0.1, 0.15) is 23.0 Å². The van der Waals surface area contributed by atoms with Crippen LogP contribution in [0.2, 0.25) is 0 Å². The van der Waals surface area contributed by atoms with Crippen molar-refractivity contribution in [3.63, 3.8) is 0 Å². The third-order valence-electron chi connectivity index (χ3n) is 16.0. The minimum Gasteiger partial charge on any atom is -0.496 e. The van der Waals surface area contributed by atoms with Gasteiger partial charge in [-0.1, -0.05) is 279 Å². The second-order valence-corrected chi connectivity index (χ2v) is 21.4. The van der Waals surface area contributed by atoms with E-state index < -0.39 is 0 Å². The zero-order valence-electron chi connectivity index (χ0n) is 49.8. The summed E-state index contributed by atoms with van der Waals surface area (Å²) >= 11 is 0. The Kier molecular flexibility index (Phi) is 17.7. The summed E-state index contributed by atoms with van der Waals surface area (Å²) in [7, 11) is 6.92. The first-order valence-corrected chi connectivity index (χ1v) is 29.6. The highest BCUT2D eigenvalue weighted by Crippen LogP contribution is 2.41. The molecule has 0 bridgehead atoms. The average Bonchev–Trinajstić information content (AvgIpc) is 3.04. The maximum atomic E-state index is 6.21. The van der Waals surface area contributed by atoms with Crippen molar-refractivity contribution in [3.05, 3.63) is 370 Å². The molecule has 0 unspecified atom stereocenters. The van der Waals surface area contributed by atoms with E-state index in [4.69, 9.17) is 18.9 Å². The van der Waals surface area contributed by atoms with Crippen molar-refractivity contribution in [2.75, 3.05) is 28.4 Å². The van der Waals surface area contributed by atoms with E-state index in [1.807, 2.05) is 36.4 Å². The zero-order valence-corrected chi connectivity index (χ0v) is 49.8. The third kappa shape index (κ3) is 13.0. The molecular weight excluding hydrogens is 1070 g/mol. The standard InChI is InChI=1S/C84H66O4/c1-85-81-57-75(83(87-3)55-73(81)51-77(65-27-15-7-16-28-65)69-43-35-61(36-44-69)59-23-11-5-12-24-59)53-79(67-31-19-9-20-32-67)71-47-39-63(40-48-71)64-41-49-72(50-42-64)80(68-33-21-10-22-34-68)54-76-58-82(86-2)74(56-84(76)88-4)52-78(66-29-17-8-18-30-66)70-45-37-62(38-46-70)60-25-13-6-14-26-60/h5-58H,1-4H3/b77-51-,78-52+,79-53+,80-54+. The highest BCUT2D eigenvalue weighted by Gasteiger charge is 2.18. The molecule has 88 heavy (non-hydrogen) atoms. The fourth-order valence-corrected chi connectivity index (χ4v) is 11.4.